The van der Waals surface area contributed by atoms with Gasteiger partial charge in [0.15, 0.2) is 5.82 Å². The molecule has 5 aromatic rings. The number of carbonyl (C=O) groups excluding carboxylic acids is 2. The van der Waals surface area contributed by atoms with E-state index in [1.807, 2.05) is 48.8 Å². The van der Waals surface area contributed by atoms with Gasteiger partial charge in [0, 0.05) is 63.1 Å². The molecule has 3 aromatic heterocycles. The van der Waals surface area contributed by atoms with Gasteiger partial charge in [0.05, 0.1) is 34.5 Å². The number of piperidine rings is 2. The zero-order valence-corrected chi connectivity index (χ0v) is 31.1. The van der Waals surface area contributed by atoms with E-state index in [-0.39, 0.29) is 42.3 Å². The number of anilines is 3. The summed E-state index contributed by atoms with van der Waals surface area (Å²) in [7, 11) is 1.69. The number of nitrogens with zero attached hydrogens (tertiary/aromatic N) is 9. The first-order valence-electron chi connectivity index (χ1n) is 19.2. The van der Waals surface area contributed by atoms with E-state index in [0.717, 1.165) is 74.6 Å². The van der Waals surface area contributed by atoms with Gasteiger partial charge in [-0.15, -0.1) is 10.2 Å². The lowest BCUT2D eigenvalue weighted by atomic mass is 9.92. The van der Waals surface area contributed by atoms with Crippen LogP contribution in [0.5, 0.6) is 5.75 Å². The van der Waals surface area contributed by atoms with Crippen LogP contribution in [0.3, 0.4) is 0 Å². The van der Waals surface area contributed by atoms with Crippen LogP contribution in [-0.4, -0.2) is 95.9 Å². The molecule has 4 saturated heterocycles. The number of carbonyl (C=O) groups is 2. The second-order valence-electron chi connectivity index (χ2n) is 15.3. The second-order valence-corrected chi connectivity index (χ2v) is 15.3. The van der Waals surface area contributed by atoms with Gasteiger partial charge in [-0.05, 0) is 80.5 Å². The first kappa shape index (κ1) is 35.4. The summed E-state index contributed by atoms with van der Waals surface area (Å²) in [6, 6.07) is 14.3. The summed E-state index contributed by atoms with van der Waals surface area (Å²) >= 11 is 0. The highest BCUT2D eigenvalue weighted by atomic mass is 16.3. The third-order valence-electron chi connectivity index (χ3n) is 11.8. The third-order valence-corrected chi connectivity index (χ3v) is 11.8. The molecule has 0 saturated carbocycles. The summed E-state index contributed by atoms with van der Waals surface area (Å²) in [4.78, 5) is 54.5. The Morgan fingerprint density at radius 3 is 2.50 bits per heavy atom. The molecule has 56 heavy (non-hydrogen) atoms. The second kappa shape index (κ2) is 14.4. The number of piperazine rings is 1. The SMILES string of the molecule is Cn1c(=O)n(C2CCC(=O)NC2=O)c2cccc(C#CCN3CCCC(c4cnc(N5C6CCC5CN(c5cc(-c7ccccc7O)nnc5N)C6)nc4)C3)c21. The number of rotatable bonds is 6. The van der Waals surface area contributed by atoms with Crippen molar-refractivity contribution in [2.75, 3.05) is 48.3 Å². The monoisotopic (exact) mass is 753 g/mol. The lowest BCUT2D eigenvalue weighted by Crippen LogP contribution is -2.54. The Morgan fingerprint density at radius 2 is 1.73 bits per heavy atom. The minimum atomic E-state index is -0.738. The molecule has 4 atom stereocenters. The normalized spacial score (nSPS) is 22.6. The number of para-hydroxylation sites is 2. The van der Waals surface area contributed by atoms with Crippen LogP contribution in [0.25, 0.3) is 22.3 Å². The van der Waals surface area contributed by atoms with Gasteiger partial charge in [0.1, 0.15) is 11.8 Å². The number of phenols is 1. The van der Waals surface area contributed by atoms with E-state index >= 15 is 0 Å². The summed E-state index contributed by atoms with van der Waals surface area (Å²) in [5, 5.41) is 21.3. The molecule has 286 valence electrons. The van der Waals surface area contributed by atoms with Gasteiger partial charge >= 0.3 is 5.69 Å². The van der Waals surface area contributed by atoms with Crippen LogP contribution in [-0.2, 0) is 16.6 Å². The van der Waals surface area contributed by atoms with E-state index in [1.54, 1.807) is 19.2 Å². The molecular weight excluding hydrogens is 711 g/mol. The first-order chi connectivity index (χ1) is 27.2. The number of nitrogens with one attached hydrogen (secondary N) is 1. The first-order valence-corrected chi connectivity index (χ1v) is 19.2. The highest BCUT2D eigenvalue weighted by molar-refractivity contribution is 6.00. The van der Waals surface area contributed by atoms with Gasteiger partial charge in [-0.2, -0.15) is 0 Å². The molecule has 2 amide bonds. The maximum absolute atomic E-state index is 13.3. The average molecular weight is 754 g/mol. The van der Waals surface area contributed by atoms with Gasteiger partial charge in [-0.1, -0.05) is 30.0 Å². The topological polar surface area (TPSA) is 181 Å². The van der Waals surface area contributed by atoms with Crippen LogP contribution < -0.4 is 26.5 Å². The molecule has 2 bridgehead atoms. The van der Waals surface area contributed by atoms with E-state index in [0.29, 0.717) is 40.6 Å². The minimum absolute atomic E-state index is 0.152. The van der Waals surface area contributed by atoms with Crippen LogP contribution in [0, 0.1) is 11.8 Å². The lowest BCUT2D eigenvalue weighted by Gasteiger charge is -2.42. The van der Waals surface area contributed by atoms with E-state index in [2.05, 4.69) is 42.1 Å². The molecule has 9 rings (SSSR count). The average Bonchev–Trinajstić information content (AvgIpc) is 3.62. The summed E-state index contributed by atoms with van der Waals surface area (Å²) in [5.41, 5.74) is 11.2. The zero-order chi connectivity index (χ0) is 38.5. The van der Waals surface area contributed by atoms with Crippen molar-refractivity contribution >= 4 is 40.3 Å². The highest BCUT2D eigenvalue weighted by Crippen LogP contribution is 2.38. The number of imidazole rings is 1. The van der Waals surface area contributed by atoms with E-state index < -0.39 is 11.9 Å². The maximum atomic E-state index is 13.3. The van der Waals surface area contributed by atoms with Gasteiger partial charge in [-0.25, -0.2) is 14.8 Å². The summed E-state index contributed by atoms with van der Waals surface area (Å²) in [6.45, 7) is 3.88. The van der Waals surface area contributed by atoms with E-state index in [1.165, 1.54) is 9.13 Å². The van der Waals surface area contributed by atoms with Crippen molar-refractivity contribution in [3.05, 3.63) is 82.5 Å². The fraction of sp³-hybridized carbons (Fsp3) is 0.390. The van der Waals surface area contributed by atoms with Crippen molar-refractivity contribution in [1.82, 2.24) is 39.5 Å². The van der Waals surface area contributed by atoms with Crippen LogP contribution in [0.1, 0.15) is 61.6 Å². The summed E-state index contributed by atoms with van der Waals surface area (Å²) in [6.07, 6.45) is 8.62. The van der Waals surface area contributed by atoms with Crippen LogP contribution in [0.4, 0.5) is 17.5 Å². The number of aryl methyl sites for hydroxylation is 1. The Bertz CT molecular complexity index is 2450. The Hall–Kier alpha value is -6.27. The fourth-order valence-electron chi connectivity index (χ4n) is 9.05. The Kier molecular flexibility index (Phi) is 9.13. The number of aromatic hydroxyl groups is 1. The van der Waals surface area contributed by atoms with Gasteiger partial charge in [-0.3, -0.25) is 28.9 Å². The molecule has 4 aliphatic rings. The molecule has 15 heteroatoms. The largest absolute Gasteiger partial charge is 0.507 e. The molecule has 4 aliphatic heterocycles. The number of nitrogens with two attached hydrogens (primary N) is 1. The maximum Gasteiger partial charge on any atom is 0.329 e. The number of benzene rings is 2. The van der Waals surface area contributed by atoms with Gasteiger partial charge < -0.3 is 20.6 Å². The highest BCUT2D eigenvalue weighted by Gasteiger charge is 2.42. The van der Waals surface area contributed by atoms with Gasteiger partial charge in [0.25, 0.3) is 0 Å². The Labute approximate surface area is 323 Å². The summed E-state index contributed by atoms with van der Waals surface area (Å²) < 4.78 is 3.03. The molecule has 7 heterocycles. The minimum Gasteiger partial charge on any atom is -0.507 e. The van der Waals surface area contributed by atoms with Gasteiger partial charge in [0.2, 0.25) is 17.8 Å². The number of likely N-dealkylation sites (tertiary alicyclic amines) is 1. The van der Waals surface area contributed by atoms with Crippen molar-refractivity contribution in [3.8, 4) is 28.8 Å². The molecule has 0 spiro atoms. The Balaban J connectivity index is 0.858. The molecule has 0 aliphatic carbocycles. The number of imide groups is 1. The fourth-order valence-corrected chi connectivity index (χ4v) is 9.05. The number of phenolic OH excluding ortho intramolecular Hbond substituents is 1. The Morgan fingerprint density at radius 1 is 0.946 bits per heavy atom. The van der Waals surface area contributed by atoms with Crippen LogP contribution >= 0.6 is 0 Å². The standard InChI is InChI=1S/C41H43N11O4/c1-48-37-25(7-4-11-32(37)52(41(48)56)33-15-16-36(54)45-39(33)55)8-5-17-49-18-6-9-26(22-49)27-20-43-40(44-21-27)51-28-13-14-29(51)24-50(23-28)34-19-31(46-47-38(34)42)30-10-2-3-12-35(30)53/h2-4,7,10-12,19-21,26,28-29,33,53H,6,9,13-18,22-24H2,1H3,(H2,42,47)(H,45,54,55). The quantitative estimate of drug-likeness (QED) is 0.171. The predicted octanol–water partition coefficient (Wildman–Crippen LogP) is 2.94. The number of amides is 2. The number of hydrogen-bond donors (Lipinski definition) is 3. The number of aromatic nitrogens is 6. The molecule has 4 fully saturated rings. The lowest BCUT2D eigenvalue weighted by molar-refractivity contribution is -0.135. The van der Waals surface area contributed by atoms with Crippen LogP contribution in [0.15, 0.2) is 65.7 Å². The van der Waals surface area contributed by atoms with Crippen molar-refractivity contribution in [1.29, 1.82) is 0 Å². The predicted molar refractivity (Wildman–Crippen MR) is 211 cm³/mol. The molecule has 4 N–H and O–H groups in total. The zero-order valence-electron chi connectivity index (χ0n) is 31.1. The van der Waals surface area contributed by atoms with Crippen molar-refractivity contribution in [2.24, 2.45) is 7.05 Å². The van der Waals surface area contributed by atoms with Crippen molar-refractivity contribution in [3.63, 3.8) is 0 Å². The van der Waals surface area contributed by atoms with Crippen molar-refractivity contribution < 1.29 is 14.7 Å². The molecule has 15 nitrogen and oxygen atoms in total. The molecule has 0 radical (unpaired) electrons. The van der Waals surface area contributed by atoms with Crippen LogP contribution in [0.2, 0.25) is 0 Å². The smallest absolute Gasteiger partial charge is 0.329 e. The van der Waals surface area contributed by atoms with E-state index in [9.17, 15) is 19.5 Å². The molecule has 2 aromatic carbocycles. The van der Waals surface area contributed by atoms with Crippen molar-refractivity contribution in [2.45, 2.75) is 62.6 Å². The summed E-state index contributed by atoms with van der Waals surface area (Å²) in [5.74, 6) is 7.45. The molecule has 4 unspecified atom stereocenters. The third kappa shape index (κ3) is 6.39. The number of nitrogen functional groups attached to an aromatic ring is 1. The number of hydrogen-bond acceptors (Lipinski definition) is 12. The molecular formula is C41H43N11O4. The number of fused-ring (bicyclic) bond motifs is 3. The van der Waals surface area contributed by atoms with E-state index in [4.69, 9.17) is 15.7 Å².